The summed E-state index contributed by atoms with van der Waals surface area (Å²) in [5.74, 6) is -0.742. The van der Waals surface area contributed by atoms with Gasteiger partial charge < -0.3 is 30.6 Å². The number of carbonyl (C=O) groups is 3. The van der Waals surface area contributed by atoms with Crippen LogP contribution in [0.3, 0.4) is 0 Å². The van der Waals surface area contributed by atoms with Gasteiger partial charge in [0.2, 0.25) is 5.91 Å². The molecule has 1 aliphatic rings. The second-order valence-electron chi connectivity index (χ2n) is 6.90. The van der Waals surface area contributed by atoms with Crippen LogP contribution in [0.25, 0.3) is 10.6 Å². The van der Waals surface area contributed by atoms with E-state index in [0.717, 1.165) is 5.56 Å². The van der Waals surface area contributed by atoms with Crippen LogP contribution < -0.4 is 10.6 Å². The number of carbonyl (C=O) groups excluding carboxylic acids is 2. The lowest BCUT2D eigenvalue weighted by atomic mass is 10.2. The van der Waals surface area contributed by atoms with Crippen molar-refractivity contribution in [1.29, 1.82) is 0 Å². The lowest BCUT2D eigenvalue weighted by molar-refractivity contribution is -0.131. The predicted molar refractivity (Wildman–Crippen MR) is 116 cm³/mol. The quantitative estimate of drug-likeness (QED) is 0.446. The smallest absolute Gasteiger partial charge is 0.407 e. The average Bonchev–Trinajstić information content (AvgIpc) is 3.22. The molecule has 1 aromatic carbocycles. The molecule has 3 rings (SSSR count). The Morgan fingerprint density at radius 2 is 1.74 bits per heavy atom. The van der Waals surface area contributed by atoms with Gasteiger partial charge in [-0.1, -0.05) is 41.7 Å². The molecule has 1 saturated heterocycles. The number of hydrogen-bond acceptors (Lipinski definition) is 7. The summed E-state index contributed by atoms with van der Waals surface area (Å²) < 4.78 is 0. The average molecular weight is 448 g/mol. The first-order valence-electron chi connectivity index (χ1n) is 9.94. The molecule has 0 spiro atoms. The number of aliphatic hydroxyl groups is 1. The van der Waals surface area contributed by atoms with Crippen LogP contribution in [0, 0.1) is 0 Å². The molecule has 0 bridgehead atoms. The van der Waals surface area contributed by atoms with Gasteiger partial charge in [0.1, 0.15) is 10.0 Å². The van der Waals surface area contributed by atoms with Crippen molar-refractivity contribution < 1.29 is 24.6 Å². The Bertz CT molecular complexity index is 912. The van der Waals surface area contributed by atoms with E-state index in [9.17, 15) is 14.4 Å². The van der Waals surface area contributed by atoms with E-state index in [2.05, 4.69) is 15.6 Å². The molecule has 2 heterocycles. The maximum absolute atomic E-state index is 12.8. The number of nitrogens with zero attached hydrogens (tertiary/aromatic N) is 3. The first-order valence-corrected chi connectivity index (χ1v) is 10.8. The minimum Gasteiger partial charge on any atom is -0.465 e. The number of aromatic nitrogens is 1. The minimum absolute atomic E-state index is 0.0303. The first kappa shape index (κ1) is 22.5. The Morgan fingerprint density at radius 1 is 1.06 bits per heavy atom. The summed E-state index contributed by atoms with van der Waals surface area (Å²) in [6.45, 7) is 1.41. The van der Waals surface area contributed by atoms with Gasteiger partial charge in [-0.25, -0.2) is 9.78 Å². The molecule has 1 fully saturated rings. The van der Waals surface area contributed by atoms with Crippen molar-refractivity contribution in [3.05, 3.63) is 36.0 Å². The topological polar surface area (TPSA) is 135 Å². The van der Waals surface area contributed by atoms with Gasteiger partial charge in [0.25, 0.3) is 5.91 Å². The fourth-order valence-electron chi connectivity index (χ4n) is 3.08. The molecule has 0 atom stereocenters. The zero-order chi connectivity index (χ0) is 22.2. The molecule has 3 amide bonds. The van der Waals surface area contributed by atoms with Crippen molar-refractivity contribution in [2.75, 3.05) is 51.2 Å². The van der Waals surface area contributed by atoms with Gasteiger partial charge in [-0.3, -0.25) is 9.59 Å². The number of carboxylic acid groups (broad SMARTS) is 1. The molecule has 0 radical (unpaired) electrons. The Hall–Kier alpha value is -3.18. The van der Waals surface area contributed by atoms with Crippen LogP contribution >= 0.6 is 11.3 Å². The number of hydrogen-bond donors (Lipinski definition) is 4. The van der Waals surface area contributed by atoms with E-state index >= 15 is 0 Å². The molecule has 0 unspecified atom stereocenters. The van der Waals surface area contributed by atoms with E-state index in [4.69, 9.17) is 10.2 Å². The normalized spacial score (nSPS) is 13.7. The molecule has 1 aromatic heterocycles. The van der Waals surface area contributed by atoms with Crippen molar-refractivity contribution >= 4 is 34.2 Å². The zero-order valence-corrected chi connectivity index (χ0v) is 17.7. The summed E-state index contributed by atoms with van der Waals surface area (Å²) in [5, 5.41) is 25.0. The van der Waals surface area contributed by atoms with Gasteiger partial charge in [0.05, 0.1) is 6.54 Å². The molecular formula is C20H25N5O5S. The second kappa shape index (κ2) is 10.7. The lowest BCUT2D eigenvalue weighted by Gasteiger charge is -2.33. The number of anilines is 1. The Kier molecular flexibility index (Phi) is 7.79. The largest absolute Gasteiger partial charge is 0.465 e. The van der Waals surface area contributed by atoms with Crippen LogP contribution in [0.4, 0.5) is 9.80 Å². The summed E-state index contributed by atoms with van der Waals surface area (Å²) in [7, 11) is 0. The maximum atomic E-state index is 12.8. The Balaban J connectivity index is 1.63. The first-order chi connectivity index (χ1) is 15.0. The fraction of sp³-hybridized carbons (Fsp3) is 0.400. The summed E-state index contributed by atoms with van der Waals surface area (Å²) in [6.07, 6.45) is -0.472. The molecular weight excluding hydrogens is 422 g/mol. The molecule has 0 saturated carbocycles. The van der Waals surface area contributed by atoms with Gasteiger partial charge >= 0.3 is 6.09 Å². The molecule has 2 aromatic rings. The van der Waals surface area contributed by atoms with Crippen molar-refractivity contribution in [2.45, 2.75) is 6.42 Å². The lowest BCUT2D eigenvalue weighted by Crippen LogP contribution is -2.52. The Labute approximate surface area is 183 Å². The van der Waals surface area contributed by atoms with E-state index in [0.29, 0.717) is 36.1 Å². The number of aliphatic hydroxyl groups excluding tert-OH is 1. The molecule has 11 heteroatoms. The molecule has 1 aliphatic heterocycles. The van der Waals surface area contributed by atoms with Gasteiger partial charge in [-0.2, -0.15) is 0 Å². The molecule has 166 valence electrons. The van der Waals surface area contributed by atoms with E-state index < -0.39 is 12.0 Å². The maximum Gasteiger partial charge on any atom is 0.407 e. The number of amides is 3. The zero-order valence-electron chi connectivity index (χ0n) is 16.9. The number of benzene rings is 1. The molecule has 10 nitrogen and oxygen atoms in total. The number of rotatable bonds is 8. The highest BCUT2D eigenvalue weighted by molar-refractivity contribution is 7.19. The molecule has 4 N–H and O–H groups in total. The van der Waals surface area contributed by atoms with Crippen LogP contribution in [0.15, 0.2) is 30.3 Å². The van der Waals surface area contributed by atoms with E-state index in [1.165, 1.54) is 21.1 Å². The van der Waals surface area contributed by atoms with E-state index in [-0.39, 0.29) is 37.8 Å². The monoisotopic (exact) mass is 447 g/mol. The van der Waals surface area contributed by atoms with Gasteiger partial charge in [0.15, 0.2) is 5.69 Å². The molecule has 31 heavy (non-hydrogen) atoms. The highest BCUT2D eigenvalue weighted by atomic mass is 32.1. The summed E-state index contributed by atoms with van der Waals surface area (Å²) in [6, 6.07) is 9.47. The number of thiazole rings is 1. The fourth-order valence-corrected chi connectivity index (χ4v) is 4.07. The third kappa shape index (κ3) is 5.92. The number of piperazine rings is 1. The highest BCUT2D eigenvalue weighted by Gasteiger charge is 2.25. The standard InChI is InChI=1S/C20H25N5O5S/c26-12-4-7-21-19-16(23-18(31-19)14-5-2-1-3-6-14)17(28)22-13-15(27)24-8-10-25(11-9-24)20(29)30/h1-3,5-6,21,26H,4,7-13H2,(H,22,28)(H,29,30). The summed E-state index contributed by atoms with van der Waals surface area (Å²) >= 11 is 1.34. The van der Waals surface area contributed by atoms with E-state index in [1.807, 2.05) is 30.3 Å². The minimum atomic E-state index is -1.00. The second-order valence-corrected chi connectivity index (χ2v) is 7.90. The summed E-state index contributed by atoms with van der Waals surface area (Å²) in [5.41, 5.74) is 1.08. The van der Waals surface area contributed by atoms with Crippen molar-refractivity contribution in [3.8, 4) is 10.6 Å². The van der Waals surface area contributed by atoms with Gasteiger partial charge in [0, 0.05) is 44.9 Å². The van der Waals surface area contributed by atoms with Crippen LogP contribution in [-0.2, 0) is 4.79 Å². The van der Waals surface area contributed by atoms with Gasteiger partial charge in [-0.15, -0.1) is 0 Å². The third-order valence-corrected chi connectivity index (χ3v) is 5.85. The predicted octanol–water partition coefficient (Wildman–Crippen LogP) is 1.16. The number of nitrogens with one attached hydrogen (secondary N) is 2. The van der Waals surface area contributed by atoms with Crippen LogP contribution in [-0.4, -0.2) is 88.8 Å². The van der Waals surface area contributed by atoms with Gasteiger partial charge in [-0.05, 0) is 6.42 Å². The van der Waals surface area contributed by atoms with Crippen LogP contribution in [0.5, 0.6) is 0 Å². The third-order valence-electron chi connectivity index (χ3n) is 4.79. The SMILES string of the molecule is O=C(NCC(=O)N1CCN(C(=O)O)CC1)c1nc(-c2ccccc2)sc1NCCCO. The highest BCUT2D eigenvalue weighted by Crippen LogP contribution is 2.32. The van der Waals surface area contributed by atoms with Crippen molar-refractivity contribution in [3.63, 3.8) is 0 Å². The van der Waals surface area contributed by atoms with E-state index in [1.54, 1.807) is 0 Å². The van der Waals surface area contributed by atoms with Crippen molar-refractivity contribution in [2.24, 2.45) is 0 Å². The van der Waals surface area contributed by atoms with Crippen LogP contribution in [0.1, 0.15) is 16.9 Å². The Morgan fingerprint density at radius 3 is 2.39 bits per heavy atom. The molecule has 0 aliphatic carbocycles. The van der Waals surface area contributed by atoms with Crippen molar-refractivity contribution in [1.82, 2.24) is 20.1 Å². The van der Waals surface area contributed by atoms with Crippen LogP contribution in [0.2, 0.25) is 0 Å². The summed E-state index contributed by atoms with van der Waals surface area (Å²) in [4.78, 5) is 43.4.